The number of ketones is 1. The van der Waals surface area contributed by atoms with Crippen LogP contribution in [0.15, 0.2) is 24.4 Å². The van der Waals surface area contributed by atoms with E-state index < -0.39 is 0 Å². The van der Waals surface area contributed by atoms with E-state index >= 15 is 0 Å². The smallest absolute Gasteiger partial charge is 0.161 e. The lowest BCUT2D eigenvalue weighted by atomic mass is 9.96. The van der Waals surface area contributed by atoms with Crippen molar-refractivity contribution >= 4 is 16.7 Å². The minimum atomic E-state index is 0.138. The molecule has 2 aromatic rings. The molecule has 1 aromatic heterocycles. The molecule has 2 heteroatoms. The summed E-state index contributed by atoms with van der Waals surface area (Å²) in [5.41, 5.74) is 3.22. The van der Waals surface area contributed by atoms with Crippen LogP contribution in [0, 0.1) is 0 Å². The van der Waals surface area contributed by atoms with Crippen molar-refractivity contribution in [2.75, 3.05) is 0 Å². The molecular weight excluding hydrogens is 198 g/mol. The molecule has 0 saturated carbocycles. The highest BCUT2D eigenvalue weighted by Crippen LogP contribution is 2.29. The summed E-state index contributed by atoms with van der Waals surface area (Å²) in [5, 5.41) is 1.12. The Morgan fingerprint density at radius 1 is 1.31 bits per heavy atom. The number of benzene rings is 1. The van der Waals surface area contributed by atoms with E-state index in [9.17, 15) is 4.79 Å². The number of aryl methyl sites for hydroxylation is 1. The summed E-state index contributed by atoms with van der Waals surface area (Å²) < 4.78 is 2.03. The Labute approximate surface area is 95.9 Å². The van der Waals surface area contributed by atoms with Crippen LogP contribution in [0.3, 0.4) is 0 Å². The number of aromatic nitrogens is 1. The summed E-state index contributed by atoms with van der Waals surface area (Å²) in [6, 6.07) is 6.23. The number of nitrogens with zero attached hydrogens (tertiary/aromatic N) is 1. The highest BCUT2D eigenvalue weighted by atomic mass is 16.1. The standard InChI is InChI=1S/C14H17NO/c1-9(2)11-6-5-7-13-14(11)12(10(3)16)8-15(13)4/h5-9H,1-4H3. The molecule has 0 amide bonds. The molecule has 0 spiro atoms. The summed E-state index contributed by atoms with van der Waals surface area (Å²) in [7, 11) is 1.98. The molecule has 0 aliphatic rings. The Bertz CT molecular complexity index is 549. The quantitative estimate of drug-likeness (QED) is 0.703. The fraction of sp³-hybridized carbons (Fsp3) is 0.357. The van der Waals surface area contributed by atoms with Crippen LogP contribution >= 0.6 is 0 Å². The minimum absolute atomic E-state index is 0.138. The van der Waals surface area contributed by atoms with E-state index in [4.69, 9.17) is 0 Å². The van der Waals surface area contributed by atoms with Gasteiger partial charge in [-0.15, -0.1) is 0 Å². The van der Waals surface area contributed by atoms with Crippen LogP contribution in [0.5, 0.6) is 0 Å². The number of rotatable bonds is 2. The number of Topliss-reactive ketones (excluding diaryl/α,β-unsaturated/α-hetero) is 1. The van der Waals surface area contributed by atoms with Crippen molar-refractivity contribution in [3.63, 3.8) is 0 Å². The Balaban J connectivity index is 2.88. The summed E-state index contributed by atoms with van der Waals surface area (Å²) in [4.78, 5) is 11.6. The first-order valence-electron chi connectivity index (χ1n) is 5.61. The maximum absolute atomic E-state index is 11.6. The molecule has 0 bridgehead atoms. The van der Waals surface area contributed by atoms with Gasteiger partial charge in [-0.3, -0.25) is 4.79 Å². The predicted octanol–water partition coefficient (Wildman–Crippen LogP) is 3.50. The molecule has 0 N–H and O–H groups in total. The molecule has 2 rings (SSSR count). The molecular formula is C14H17NO. The molecule has 0 aliphatic heterocycles. The molecule has 0 atom stereocenters. The fourth-order valence-corrected chi connectivity index (χ4v) is 2.22. The molecule has 0 fully saturated rings. The van der Waals surface area contributed by atoms with Crippen molar-refractivity contribution < 1.29 is 4.79 Å². The number of carbonyl (C=O) groups excluding carboxylic acids is 1. The average molecular weight is 215 g/mol. The lowest BCUT2D eigenvalue weighted by Gasteiger charge is -2.08. The van der Waals surface area contributed by atoms with E-state index in [1.165, 1.54) is 5.56 Å². The van der Waals surface area contributed by atoms with Crippen LogP contribution in [0.2, 0.25) is 0 Å². The largest absolute Gasteiger partial charge is 0.350 e. The zero-order valence-electron chi connectivity index (χ0n) is 10.2. The summed E-state index contributed by atoms with van der Waals surface area (Å²) in [6.07, 6.45) is 1.93. The maximum Gasteiger partial charge on any atom is 0.161 e. The van der Waals surface area contributed by atoms with Crippen LogP contribution in [-0.2, 0) is 7.05 Å². The van der Waals surface area contributed by atoms with E-state index in [1.54, 1.807) is 6.92 Å². The summed E-state index contributed by atoms with van der Waals surface area (Å²) in [6.45, 7) is 5.95. The van der Waals surface area contributed by atoms with E-state index in [-0.39, 0.29) is 5.78 Å². The maximum atomic E-state index is 11.6. The highest BCUT2D eigenvalue weighted by molar-refractivity contribution is 6.08. The van der Waals surface area contributed by atoms with Crippen molar-refractivity contribution in [3.8, 4) is 0 Å². The van der Waals surface area contributed by atoms with Gasteiger partial charge in [-0.1, -0.05) is 26.0 Å². The molecule has 0 aliphatic carbocycles. The van der Waals surface area contributed by atoms with Crippen LogP contribution in [0.4, 0.5) is 0 Å². The Morgan fingerprint density at radius 2 is 2.00 bits per heavy atom. The third kappa shape index (κ3) is 1.54. The topological polar surface area (TPSA) is 22.0 Å². The highest BCUT2D eigenvalue weighted by Gasteiger charge is 2.15. The van der Waals surface area contributed by atoms with E-state index in [0.717, 1.165) is 16.5 Å². The summed E-state index contributed by atoms with van der Waals surface area (Å²) in [5.74, 6) is 0.572. The second kappa shape index (κ2) is 3.78. The van der Waals surface area contributed by atoms with Crippen molar-refractivity contribution in [1.82, 2.24) is 4.57 Å². The summed E-state index contributed by atoms with van der Waals surface area (Å²) >= 11 is 0. The van der Waals surface area contributed by atoms with Crippen LogP contribution in [0.25, 0.3) is 10.9 Å². The second-order valence-corrected chi connectivity index (χ2v) is 4.61. The first-order chi connectivity index (χ1) is 7.52. The van der Waals surface area contributed by atoms with Gasteiger partial charge in [-0.25, -0.2) is 0 Å². The predicted molar refractivity (Wildman–Crippen MR) is 67.0 cm³/mol. The molecule has 0 radical (unpaired) electrons. The van der Waals surface area contributed by atoms with Gasteiger partial charge < -0.3 is 4.57 Å². The number of fused-ring (bicyclic) bond motifs is 1. The molecule has 1 heterocycles. The normalized spacial score (nSPS) is 11.3. The van der Waals surface area contributed by atoms with Gasteiger partial charge in [0.15, 0.2) is 5.78 Å². The zero-order valence-corrected chi connectivity index (χ0v) is 10.2. The monoisotopic (exact) mass is 215 g/mol. The first kappa shape index (κ1) is 10.9. The van der Waals surface area contributed by atoms with Crippen molar-refractivity contribution in [3.05, 3.63) is 35.5 Å². The SMILES string of the molecule is CC(=O)c1cn(C)c2cccc(C(C)C)c12. The van der Waals surface area contributed by atoms with Crippen molar-refractivity contribution in [1.29, 1.82) is 0 Å². The van der Waals surface area contributed by atoms with Crippen LogP contribution < -0.4 is 0 Å². The van der Waals surface area contributed by atoms with E-state index in [1.807, 2.05) is 17.8 Å². The van der Waals surface area contributed by atoms with Gasteiger partial charge in [0.2, 0.25) is 0 Å². The van der Waals surface area contributed by atoms with Crippen LogP contribution in [-0.4, -0.2) is 10.4 Å². The third-order valence-electron chi connectivity index (χ3n) is 3.05. The molecule has 84 valence electrons. The van der Waals surface area contributed by atoms with Gasteiger partial charge in [0, 0.05) is 29.7 Å². The van der Waals surface area contributed by atoms with Crippen molar-refractivity contribution in [2.24, 2.45) is 7.05 Å². The van der Waals surface area contributed by atoms with Gasteiger partial charge >= 0.3 is 0 Å². The van der Waals surface area contributed by atoms with E-state index in [0.29, 0.717) is 5.92 Å². The van der Waals surface area contributed by atoms with Crippen LogP contribution in [0.1, 0.15) is 42.6 Å². The van der Waals surface area contributed by atoms with E-state index in [2.05, 4.69) is 32.0 Å². The molecule has 2 nitrogen and oxygen atoms in total. The number of hydrogen-bond acceptors (Lipinski definition) is 1. The lowest BCUT2D eigenvalue weighted by Crippen LogP contribution is -1.94. The average Bonchev–Trinajstić information content (AvgIpc) is 2.56. The molecule has 16 heavy (non-hydrogen) atoms. The second-order valence-electron chi connectivity index (χ2n) is 4.61. The fourth-order valence-electron chi connectivity index (χ4n) is 2.22. The molecule has 1 aromatic carbocycles. The number of carbonyl (C=O) groups is 1. The molecule has 0 unspecified atom stereocenters. The van der Waals surface area contributed by atoms with Gasteiger partial charge in [0.25, 0.3) is 0 Å². The lowest BCUT2D eigenvalue weighted by molar-refractivity contribution is 0.101. The van der Waals surface area contributed by atoms with Gasteiger partial charge in [-0.2, -0.15) is 0 Å². The van der Waals surface area contributed by atoms with Gasteiger partial charge in [-0.05, 0) is 24.5 Å². The van der Waals surface area contributed by atoms with Gasteiger partial charge in [0.1, 0.15) is 0 Å². The Morgan fingerprint density at radius 3 is 2.56 bits per heavy atom. The Hall–Kier alpha value is -1.57. The first-order valence-corrected chi connectivity index (χ1v) is 5.61. The zero-order chi connectivity index (χ0) is 11.9. The van der Waals surface area contributed by atoms with Crippen molar-refractivity contribution in [2.45, 2.75) is 26.7 Å². The Kier molecular flexibility index (Phi) is 2.58. The third-order valence-corrected chi connectivity index (χ3v) is 3.05. The number of hydrogen-bond donors (Lipinski definition) is 0. The van der Waals surface area contributed by atoms with Gasteiger partial charge in [0.05, 0.1) is 0 Å². The minimum Gasteiger partial charge on any atom is -0.350 e. The molecule has 0 saturated heterocycles.